The molecule has 2 aromatic heterocycles. The van der Waals surface area contributed by atoms with Gasteiger partial charge in [-0.15, -0.1) is 0 Å². The number of phosphoric ester groups is 1. The SMILES string of the molecule is Nc1c(-c2cc(Cc3ccc(CNc4cc(F)ccc4F)cc3)no2)ccc[n+]1COP(=O)([O-])O. The molecule has 0 aliphatic heterocycles. The third-order valence-electron chi connectivity index (χ3n) is 5.12. The number of nitrogens with zero attached hydrogens (tertiary/aromatic N) is 2. The molecular weight excluding hydrogens is 481 g/mol. The number of hydrogen-bond donors (Lipinski definition) is 3. The molecule has 1 atom stereocenters. The summed E-state index contributed by atoms with van der Waals surface area (Å²) in [5, 5.41) is 6.94. The first kappa shape index (κ1) is 24.5. The maximum atomic E-state index is 13.7. The Kier molecular flexibility index (Phi) is 7.23. The van der Waals surface area contributed by atoms with Crippen LogP contribution in [-0.2, 0) is 28.8 Å². The Morgan fingerprint density at radius 2 is 1.89 bits per heavy atom. The van der Waals surface area contributed by atoms with E-state index in [0.717, 1.165) is 29.3 Å². The molecule has 0 radical (unpaired) electrons. The van der Waals surface area contributed by atoms with E-state index in [1.807, 2.05) is 24.3 Å². The van der Waals surface area contributed by atoms with Crippen molar-refractivity contribution < 1.29 is 36.7 Å². The lowest BCUT2D eigenvalue weighted by atomic mass is 10.1. The van der Waals surface area contributed by atoms with E-state index in [2.05, 4.69) is 15.0 Å². The van der Waals surface area contributed by atoms with Gasteiger partial charge in [-0.25, -0.2) is 13.3 Å². The topological polar surface area (TPSA) is 138 Å². The van der Waals surface area contributed by atoms with Crippen molar-refractivity contribution in [2.45, 2.75) is 19.7 Å². The number of nitrogens with two attached hydrogens (primary N) is 1. The van der Waals surface area contributed by atoms with Crippen molar-refractivity contribution >= 4 is 19.3 Å². The molecule has 4 rings (SSSR count). The van der Waals surface area contributed by atoms with E-state index in [4.69, 9.17) is 15.2 Å². The molecule has 9 nitrogen and oxygen atoms in total. The number of hydrogen-bond acceptors (Lipinski definition) is 7. The standard InChI is InChI=1S/C23H21F2N4O5P/c24-17-7-8-20(25)21(11-17)27-13-16-5-3-15(4-6-16)10-18-12-22(34-28-18)19-2-1-9-29(23(19)26)14-33-35(30,31)32/h1-9,11-12,26-27H,10,13-14H2,(H2,30,31,32). The molecular formula is C23H21F2N4O5P. The van der Waals surface area contributed by atoms with Crippen LogP contribution in [0.2, 0.25) is 0 Å². The highest BCUT2D eigenvalue weighted by molar-refractivity contribution is 7.44. The van der Waals surface area contributed by atoms with Gasteiger partial charge in [0.2, 0.25) is 0 Å². The van der Waals surface area contributed by atoms with E-state index in [-0.39, 0.29) is 11.5 Å². The zero-order chi connectivity index (χ0) is 25.0. The fourth-order valence-electron chi connectivity index (χ4n) is 3.36. The largest absolute Gasteiger partial charge is 0.756 e. The minimum Gasteiger partial charge on any atom is -0.756 e. The lowest BCUT2D eigenvalue weighted by Crippen LogP contribution is -2.38. The molecule has 2 heterocycles. The quantitative estimate of drug-likeness (QED) is 0.235. The molecule has 4 aromatic rings. The molecule has 1 unspecified atom stereocenters. The number of pyridine rings is 1. The smallest absolute Gasteiger partial charge is 0.285 e. The van der Waals surface area contributed by atoms with Crippen LogP contribution in [0, 0.1) is 11.6 Å². The van der Waals surface area contributed by atoms with Gasteiger partial charge in [-0.05, 0) is 41.5 Å². The predicted octanol–water partition coefficient (Wildman–Crippen LogP) is 3.13. The maximum absolute atomic E-state index is 13.7. The van der Waals surface area contributed by atoms with Crippen LogP contribution in [-0.4, -0.2) is 10.1 Å². The highest BCUT2D eigenvalue weighted by Gasteiger charge is 2.18. The maximum Gasteiger partial charge on any atom is 0.285 e. The van der Waals surface area contributed by atoms with Crippen molar-refractivity contribution in [1.29, 1.82) is 0 Å². The van der Waals surface area contributed by atoms with Gasteiger partial charge < -0.3 is 19.6 Å². The molecule has 0 saturated heterocycles. The molecule has 182 valence electrons. The first-order chi connectivity index (χ1) is 16.7. The van der Waals surface area contributed by atoms with Crippen LogP contribution < -0.4 is 20.5 Å². The van der Waals surface area contributed by atoms with E-state index < -0.39 is 26.2 Å². The fourth-order valence-corrected chi connectivity index (χ4v) is 3.63. The van der Waals surface area contributed by atoms with Crippen molar-refractivity contribution in [2.24, 2.45) is 0 Å². The van der Waals surface area contributed by atoms with Gasteiger partial charge in [0.1, 0.15) is 17.2 Å². The second-order valence-corrected chi connectivity index (χ2v) is 8.85. The number of nitrogens with one attached hydrogen (secondary N) is 1. The third-order valence-corrected chi connectivity index (χ3v) is 5.56. The van der Waals surface area contributed by atoms with Gasteiger partial charge in [0.05, 0.1) is 17.6 Å². The van der Waals surface area contributed by atoms with Gasteiger partial charge in [-0.2, -0.15) is 0 Å². The van der Waals surface area contributed by atoms with Crippen LogP contribution in [0.3, 0.4) is 0 Å². The zero-order valence-corrected chi connectivity index (χ0v) is 19.1. The minimum absolute atomic E-state index is 0.0932. The third kappa shape index (κ3) is 6.49. The number of aromatic nitrogens is 2. The van der Waals surface area contributed by atoms with E-state index in [0.29, 0.717) is 30.0 Å². The van der Waals surface area contributed by atoms with Crippen LogP contribution >= 0.6 is 7.82 Å². The summed E-state index contributed by atoms with van der Waals surface area (Å²) >= 11 is 0. The van der Waals surface area contributed by atoms with E-state index >= 15 is 0 Å². The highest BCUT2D eigenvalue weighted by Crippen LogP contribution is 2.30. The first-order valence-corrected chi connectivity index (χ1v) is 11.9. The number of rotatable bonds is 9. The zero-order valence-electron chi connectivity index (χ0n) is 18.2. The van der Waals surface area contributed by atoms with Crippen molar-refractivity contribution in [2.75, 3.05) is 11.1 Å². The summed E-state index contributed by atoms with van der Waals surface area (Å²) in [6.07, 6.45) is 1.96. The van der Waals surface area contributed by atoms with Gasteiger partial charge in [-0.3, -0.25) is 14.8 Å². The molecule has 4 N–H and O–H groups in total. The van der Waals surface area contributed by atoms with Crippen LogP contribution in [0.4, 0.5) is 20.3 Å². The van der Waals surface area contributed by atoms with Gasteiger partial charge in [0.25, 0.3) is 13.6 Å². The summed E-state index contributed by atoms with van der Waals surface area (Å²) in [6, 6.07) is 15.8. The molecule has 0 fully saturated rings. The summed E-state index contributed by atoms with van der Waals surface area (Å²) in [6.45, 7) is -0.172. The van der Waals surface area contributed by atoms with E-state index in [1.54, 1.807) is 18.2 Å². The van der Waals surface area contributed by atoms with Crippen LogP contribution in [0.25, 0.3) is 11.3 Å². The van der Waals surface area contributed by atoms with Crippen LogP contribution in [0.15, 0.2) is 71.4 Å². The average Bonchev–Trinajstić information content (AvgIpc) is 3.27. The molecule has 2 aromatic carbocycles. The number of nitrogen functional groups attached to an aromatic ring is 1. The number of halogens is 2. The molecule has 0 saturated carbocycles. The van der Waals surface area contributed by atoms with Crippen molar-refractivity contribution in [3.05, 3.63) is 95.3 Å². The van der Waals surface area contributed by atoms with E-state index in [9.17, 15) is 18.2 Å². The van der Waals surface area contributed by atoms with Crippen LogP contribution in [0.5, 0.6) is 0 Å². The molecule has 0 spiro atoms. The first-order valence-electron chi connectivity index (χ1n) is 10.4. The average molecular weight is 502 g/mol. The fraction of sp³-hybridized carbons (Fsp3) is 0.130. The Hall–Kier alpha value is -3.63. The molecule has 0 amide bonds. The highest BCUT2D eigenvalue weighted by atomic mass is 31.2. The summed E-state index contributed by atoms with van der Waals surface area (Å²) in [5.41, 5.74) is 9.12. The van der Waals surface area contributed by atoms with Gasteiger partial charge >= 0.3 is 0 Å². The number of benzene rings is 2. The van der Waals surface area contributed by atoms with Crippen molar-refractivity contribution in [1.82, 2.24) is 5.16 Å². The summed E-state index contributed by atoms with van der Waals surface area (Å²) < 4.78 is 49.0. The summed E-state index contributed by atoms with van der Waals surface area (Å²) in [7, 11) is -4.90. The van der Waals surface area contributed by atoms with Crippen molar-refractivity contribution in [3.63, 3.8) is 0 Å². The van der Waals surface area contributed by atoms with Gasteiger partial charge in [-0.1, -0.05) is 29.4 Å². The van der Waals surface area contributed by atoms with Gasteiger partial charge in [0, 0.05) is 19.0 Å². The second kappa shape index (κ2) is 10.3. The Morgan fingerprint density at radius 1 is 1.14 bits per heavy atom. The van der Waals surface area contributed by atoms with Gasteiger partial charge in [0.15, 0.2) is 12.5 Å². The molecule has 35 heavy (non-hydrogen) atoms. The Morgan fingerprint density at radius 3 is 2.63 bits per heavy atom. The van der Waals surface area contributed by atoms with E-state index in [1.165, 1.54) is 10.8 Å². The summed E-state index contributed by atoms with van der Waals surface area (Å²) in [5.74, 6) is -0.509. The lowest BCUT2D eigenvalue weighted by Gasteiger charge is -2.14. The number of anilines is 2. The monoisotopic (exact) mass is 502 g/mol. The molecule has 0 bridgehead atoms. The molecule has 12 heteroatoms. The Bertz CT molecular complexity index is 1370. The second-order valence-electron chi connectivity index (χ2n) is 7.66. The Balaban J connectivity index is 1.40. The molecule has 0 aliphatic carbocycles. The van der Waals surface area contributed by atoms with Crippen molar-refractivity contribution in [3.8, 4) is 11.3 Å². The molecule has 0 aliphatic rings. The predicted molar refractivity (Wildman–Crippen MR) is 120 cm³/mol. The summed E-state index contributed by atoms with van der Waals surface area (Å²) in [4.78, 5) is 19.6. The number of phosphoric acid groups is 1. The Labute approximate surface area is 199 Å². The normalized spacial score (nSPS) is 12.9. The lowest BCUT2D eigenvalue weighted by molar-refractivity contribution is -0.712. The minimum atomic E-state index is -4.90. The van der Waals surface area contributed by atoms with Crippen LogP contribution in [0.1, 0.15) is 16.8 Å².